The van der Waals surface area contributed by atoms with E-state index in [4.69, 9.17) is 20.8 Å². The van der Waals surface area contributed by atoms with E-state index in [1.165, 1.54) is 12.1 Å². The largest absolute Gasteiger partial charge is 0.508 e. The molecule has 3 rings (SSSR count). The number of para-hydroxylation sites is 2. The second kappa shape index (κ2) is 4.23. The van der Waals surface area contributed by atoms with Crippen molar-refractivity contribution in [3.05, 3.63) is 47.5 Å². The lowest BCUT2D eigenvalue weighted by atomic mass is 10.3. The summed E-state index contributed by atoms with van der Waals surface area (Å²) in [7, 11) is 0. The minimum absolute atomic E-state index is 0.0740. The number of nitrogens with zero attached hydrogens (tertiary/aromatic N) is 1. The summed E-state index contributed by atoms with van der Waals surface area (Å²) in [5.41, 5.74) is 1.35. The van der Waals surface area contributed by atoms with Crippen LogP contribution < -0.4 is 4.74 Å². The Labute approximate surface area is 107 Å². The summed E-state index contributed by atoms with van der Waals surface area (Å²) in [6.07, 6.45) is 0.115. The molecule has 0 radical (unpaired) electrons. The van der Waals surface area contributed by atoms with Gasteiger partial charge < -0.3 is 14.3 Å². The van der Waals surface area contributed by atoms with E-state index in [0.29, 0.717) is 16.8 Å². The molecule has 0 aliphatic heterocycles. The second-order valence-corrected chi connectivity index (χ2v) is 4.07. The third-order valence-corrected chi connectivity index (χ3v) is 2.68. The zero-order valence-corrected chi connectivity index (χ0v) is 9.89. The predicted octanol–water partition coefficient (Wildman–Crippen LogP) is 3.98. The van der Waals surface area contributed by atoms with E-state index in [1.54, 1.807) is 12.1 Å². The number of oxazole rings is 1. The van der Waals surface area contributed by atoms with Crippen molar-refractivity contribution in [2.75, 3.05) is 0 Å². The van der Waals surface area contributed by atoms with E-state index in [0.717, 1.165) is 0 Å². The zero-order chi connectivity index (χ0) is 12.5. The molecule has 1 heterocycles. The fourth-order valence-electron chi connectivity index (χ4n) is 1.56. The molecule has 1 aromatic heterocycles. The molecule has 5 heteroatoms. The molecule has 0 unspecified atom stereocenters. The summed E-state index contributed by atoms with van der Waals surface area (Å²) >= 11 is 5.92. The first-order chi connectivity index (χ1) is 8.72. The van der Waals surface area contributed by atoms with E-state index < -0.39 is 0 Å². The van der Waals surface area contributed by atoms with Crippen LogP contribution in [0.2, 0.25) is 5.02 Å². The lowest BCUT2D eigenvalue weighted by Gasteiger charge is -2.02. The van der Waals surface area contributed by atoms with Crippen molar-refractivity contribution in [2.24, 2.45) is 0 Å². The molecule has 3 aromatic rings. The van der Waals surface area contributed by atoms with Crippen LogP contribution in [0, 0.1) is 0 Å². The Morgan fingerprint density at radius 3 is 2.78 bits per heavy atom. The molecule has 0 fully saturated rings. The maximum Gasteiger partial charge on any atom is 0.400 e. The van der Waals surface area contributed by atoms with Gasteiger partial charge in [-0.3, -0.25) is 0 Å². The van der Waals surface area contributed by atoms with Gasteiger partial charge in [0.15, 0.2) is 11.3 Å². The Morgan fingerprint density at radius 1 is 1.17 bits per heavy atom. The summed E-state index contributed by atoms with van der Waals surface area (Å²) in [5.74, 6) is 0.450. The van der Waals surface area contributed by atoms with Gasteiger partial charge >= 0.3 is 6.08 Å². The van der Waals surface area contributed by atoms with Crippen LogP contribution in [0.1, 0.15) is 0 Å². The van der Waals surface area contributed by atoms with Crippen molar-refractivity contribution in [2.45, 2.75) is 0 Å². The Hall–Kier alpha value is -2.20. The molecule has 0 bridgehead atoms. The topological polar surface area (TPSA) is 55.5 Å². The molecule has 4 nitrogen and oxygen atoms in total. The quantitative estimate of drug-likeness (QED) is 0.758. The average Bonchev–Trinajstić information content (AvgIpc) is 2.75. The number of fused-ring (bicyclic) bond motifs is 1. The summed E-state index contributed by atoms with van der Waals surface area (Å²) in [5, 5.41) is 9.53. The van der Waals surface area contributed by atoms with Crippen molar-refractivity contribution < 1.29 is 14.3 Å². The maximum absolute atomic E-state index is 9.24. The van der Waals surface area contributed by atoms with Crippen LogP contribution in [0.4, 0.5) is 0 Å². The zero-order valence-electron chi connectivity index (χ0n) is 9.13. The van der Waals surface area contributed by atoms with Crippen LogP contribution in [0.3, 0.4) is 0 Å². The first-order valence-electron chi connectivity index (χ1n) is 5.24. The lowest BCUT2D eigenvalue weighted by molar-refractivity contribution is 0.342. The van der Waals surface area contributed by atoms with Gasteiger partial charge in [-0.05, 0) is 24.3 Å². The van der Waals surface area contributed by atoms with Crippen LogP contribution in [-0.2, 0) is 0 Å². The van der Waals surface area contributed by atoms with Crippen LogP contribution in [0.5, 0.6) is 17.6 Å². The number of aromatic nitrogens is 1. The molecule has 0 amide bonds. The fourth-order valence-corrected chi connectivity index (χ4v) is 1.77. The number of phenols is 1. The first-order valence-corrected chi connectivity index (χ1v) is 5.62. The third kappa shape index (κ3) is 1.98. The Kier molecular flexibility index (Phi) is 2.57. The number of aromatic hydroxyl groups is 1. The monoisotopic (exact) mass is 261 g/mol. The number of hydrogen-bond acceptors (Lipinski definition) is 4. The first kappa shape index (κ1) is 10.9. The third-order valence-electron chi connectivity index (χ3n) is 2.39. The van der Waals surface area contributed by atoms with Crippen LogP contribution in [-0.4, -0.2) is 10.1 Å². The highest BCUT2D eigenvalue weighted by molar-refractivity contribution is 6.32. The van der Waals surface area contributed by atoms with Gasteiger partial charge in [0.25, 0.3) is 0 Å². The lowest BCUT2D eigenvalue weighted by Crippen LogP contribution is -1.84. The van der Waals surface area contributed by atoms with E-state index in [-0.39, 0.29) is 16.8 Å². The molecule has 18 heavy (non-hydrogen) atoms. The summed E-state index contributed by atoms with van der Waals surface area (Å²) in [6.45, 7) is 0. The number of ether oxygens (including phenoxy) is 1. The van der Waals surface area contributed by atoms with E-state index >= 15 is 0 Å². The SMILES string of the molecule is Oc1ccc(Oc2nc3ccccc3o2)c(Cl)c1. The highest BCUT2D eigenvalue weighted by Crippen LogP contribution is 2.32. The Bertz CT molecular complexity index is 675. The van der Waals surface area contributed by atoms with Gasteiger partial charge in [-0.1, -0.05) is 23.7 Å². The normalized spacial score (nSPS) is 10.7. The molecule has 0 saturated heterocycles. The van der Waals surface area contributed by atoms with E-state index in [9.17, 15) is 5.11 Å². The van der Waals surface area contributed by atoms with Crippen molar-refractivity contribution in [1.82, 2.24) is 4.98 Å². The van der Waals surface area contributed by atoms with Crippen molar-refractivity contribution in [3.63, 3.8) is 0 Å². The number of halogens is 1. The van der Waals surface area contributed by atoms with Crippen molar-refractivity contribution >= 4 is 22.7 Å². The minimum Gasteiger partial charge on any atom is -0.508 e. The van der Waals surface area contributed by atoms with Crippen LogP contribution in [0.15, 0.2) is 46.9 Å². The molecule has 1 N–H and O–H groups in total. The molecule has 2 aromatic carbocycles. The second-order valence-electron chi connectivity index (χ2n) is 3.66. The standard InChI is InChI=1S/C13H8ClNO3/c14-9-7-8(16)5-6-11(9)17-13-15-10-3-1-2-4-12(10)18-13/h1-7,16H. The molecular formula is C13H8ClNO3. The molecule has 0 aliphatic carbocycles. The molecule has 90 valence electrons. The van der Waals surface area contributed by atoms with Crippen LogP contribution in [0.25, 0.3) is 11.1 Å². The van der Waals surface area contributed by atoms with Gasteiger partial charge in [0.1, 0.15) is 11.3 Å². The highest BCUT2D eigenvalue weighted by Gasteiger charge is 2.10. The van der Waals surface area contributed by atoms with Crippen molar-refractivity contribution in [1.29, 1.82) is 0 Å². The number of benzene rings is 2. The molecule has 0 aliphatic rings. The van der Waals surface area contributed by atoms with Gasteiger partial charge in [0.2, 0.25) is 0 Å². The Balaban J connectivity index is 1.96. The van der Waals surface area contributed by atoms with Crippen molar-refractivity contribution in [3.8, 4) is 17.6 Å². The number of phenolic OH excluding ortho intramolecular Hbond substituents is 1. The van der Waals surface area contributed by atoms with Crippen LogP contribution >= 0.6 is 11.6 Å². The van der Waals surface area contributed by atoms with Gasteiger partial charge in [0.05, 0.1) is 5.02 Å². The minimum atomic E-state index is 0.0740. The average molecular weight is 262 g/mol. The molecule has 0 spiro atoms. The molecule has 0 saturated carbocycles. The van der Waals surface area contributed by atoms with Gasteiger partial charge in [0, 0.05) is 6.07 Å². The fraction of sp³-hybridized carbons (Fsp3) is 0. The molecular weight excluding hydrogens is 254 g/mol. The summed E-state index contributed by atoms with van der Waals surface area (Å²) in [4.78, 5) is 4.16. The predicted molar refractivity (Wildman–Crippen MR) is 67.2 cm³/mol. The van der Waals surface area contributed by atoms with Gasteiger partial charge in [-0.2, -0.15) is 4.98 Å². The Morgan fingerprint density at radius 2 is 2.00 bits per heavy atom. The smallest absolute Gasteiger partial charge is 0.400 e. The van der Waals surface area contributed by atoms with Gasteiger partial charge in [-0.15, -0.1) is 0 Å². The summed E-state index contributed by atoms with van der Waals surface area (Å²) < 4.78 is 10.8. The maximum atomic E-state index is 9.24. The summed E-state index contributed by atoms with van der Waals surface area (Å²) in [6, 6.07) is 11.8. The highest BCUT2D eigenvalue weighted by atomic mass is 35.5. The molecule has 0 atom stereocenters. The number of rotatable bonds is 2. The van der Waals surface area contributed by atoms with E-state index in [2.05, 4.69) is 4.98 Å². The number of hydrogen-bond donors (Lipinski definition) is 1. The van der Waals surface area contributed by atoms with E-state index in [1.807, 2.05) is 18.2 Å². The van der Waals surface area contributed by atoms with Gasteiger partial charge in [-0.25, -0.2) is 0 Å².